The average Bonchev–Trinajstić information content (AvgIpc) is 2.45. The first-order chi connectivity index (χ1) is 10.1. The molecule has 0 spiro atoms. The Labute approximate surface area is 125 Å². The fraction of sp³-hybridized carbons (Fsp3) is 0.286. The summed E-state index contributed by atoms with van der Waals surface area (Å²) in [6.45, 7) is 0.173. The molecule has 0 aliphatic carbocycles. The lowest BCUT2D eigenvalue weighted by Gasteiger charge is -2.23. The summed E-state index contributed by atoms with van der Waals surface area (Å²) in [4.78, 5) is 22.1. The average molecular weight is 312 g/mol. The number of aliphatic carboxylic acids is 1. The van der Waals surface area contributed by atoms with Crippen LogP contribution in [0.15, 0.2) is 24.3 Å². The quantitative estimate of drug-likeness (QED) is 0.277. The van der Waals surface area contributed by atoms with Crippen LogP contribution in [0.3, 0.4) is 0 Å². The van der Waals surface area contributed by atoms with Crippen LogP contribution < -0.4 is 0 Å². The number of aliphatic hydroxyl groups is 2. The normalized spacial score (nSPS) is 15.2. The van der Waals surface area contributed by atoms with E-state index in [4.69, 9.17) is 10.2 Å². The maximum Gasteiger partial charge on any atom is 0.338 e. The van der Waals surface area contributed by atoms with Gasteiger partial charge in [-0.3, -0.25) is 0 Å². The van der Waals surface area contributed by atoms with Gasteiger partial charge in [-0.1, -0.05) is 6.07 Å². The van der Waals surface area contributed by atoms with Crippen LogP contribution in [0.4, 0.5) is 0 Å². The van der Waals surface area contributed by atoms with Gasteiger partial charge >= 0.3 is 11.9 Å². The molecule has 0 amide bonds. The summed E-state index contributed by atoms with van der Waals surface area (Å²) >= 11 is 0. The lowest BCUT2D eigenvalue weighted by molar-refractivity contribution is -0.175. The molecular weight excluding hydrogens is 296 g/mol. The monoisotopic (exact) mass is 312 g/mol. The Morgan fingerprint density at radius 1 is 1.32 bits per heavy atom. The molecule has 1 rings (SSSR count). The highest BCUT2D eigenvalue weighted by Crippen LogP contribution is 2.25. The number of hydrogen-bond donors (Lipinski definition) is 5. The molecule has 0 heterocycles. The van der Waals surface area contributed by atoms with Gasteiger partial charge in [-0.05, 0) is 30.7 Å². The molecule has 0 bridgehead atoms. The van der Waals surface area contributed by atoms with Crippen LogP contribution in [-0.4, -0.2) is 55.8 Å². The number of phenols is 2. The number of ether oxygens (including phenoxy) is 1. The minimum atomic E-state index is -2.44. The predicted octanol–water partition coefficient (Wildman–Crippen LogP) is -0.149. The van der Waals surface area contributed by atoms with Gasteiger partial charge in [0.15, 0.2) is 17.1 Å². The van der Waals surface area contributed by atoms with Crippen LogP contribution in [0.1, 0.15) is 12.5 Å². The largest absolute Gasteiger partial charge is 0.504 e. The summed E-state index contributed by atoms with van der Waals surface area (Å²) < 4.78 is 4.61. The van der Waals surface area contributed by atoms with E-state index in [1.54, 1.807) is 0 Å². The van der Waals surface area contributed by atoms with Crippen molar-refractivity contribution in [2.45, 2.75) is 18.6 Å². The molecule has 0 saturated carbocycles. The van der Waals surface area contributed by atoms with Crippen molar-refractivity contribution < 1.29 is 39.9 Å². The fourth-order valence-corrected chi connectivity index (χ4v) is 1.32. The second-order valence-electron chi connectivity index (χ2n) is 4.68. The molecule has 8 nitrogen and oxygen atoms in total. The van der Waals surface area contributed by atoms with E-state index in [0.29, 0.717) is 5.56 Å². The summed E-state index contributed by atoms with van der Waals surface area (Å²) in [5, 5.41) is 45.9. The van der Waals surface area contributed by atoms with E-state index < -0.39 is 30.3 Å². The maximum absolute atomic E-state index is 11.4. The standard InChI is InChI=1S/C14H16O8/c1-14(21,13(19)20)11(17)7-22-12(18)5-3-8-2-4-9(15)10(16)6-8/h2-6,11,15-17,21H,7H2,1H3,(H,19,20)/b5-3+/t11-,14+/m0/s1. The van der Waals surface area contributed by atoms with Gasteiger partial charge in [-0.15, -0.1) is 0 Å². The van der Waals surface area contributed by atoms with E-state index in [1.165, 1.54) is 24.3 Å². The maximum atomic E-state index is 11.4. The van der Waals surface area contributed by atoms with Crippen LogP contribution in [0.5, 0.6) is 11.5 Å². The Bertz CT molecular complexity index is 591. The van der Waals surface area contributed by atoms with Crippen molar-refractivity contribution in [3.05, 3.63) is 29.8 Å². The summed E-state index contributed by atoms with van der Waals surface area (Å²) in [5.74, 6) is -3.19. The van der Waals surface area contributed by atoms with Gasteiger partial charge in [0.25, 0.3) is 0 Å². The fourth-order valence-electron chi connectivity index (χ4n) is 1.32. The Balaban J connectivity index is 2.58. The molecule has 0 radical (unpaired) electrons. The van der Waals surface area contributed by atoms with Crippen molar-refractivity contribution in [3.8, 4) is 11.5 Å². The van der Waals surface area contributed by atoms with E-state index in [9.17, 15) is 24.9 Å². The Kier molecular flexibility index (Phi) is 5.50. The third-order valence-corrected chi connectivity index (χ3v) is 2.88. The SMILES string of the molecule is C[C@](O)(C(=O)O)[C@@H](O)COC(=O)/C=C/c1ccc(O)c(O)c1. The number of hydrogen-bond acceptors (Lipinski definition) is 7. The van der Waals surface area contributed by atoms with Gasteiger partial charge in [0.1, 0.15) is 12.7 Å². The molecule has 2 atom stereocenters. The van der Waals surface area contributed by atoms with Crippen molar-refractivity contribution in [2.24, 2.45) is 0 Å². The highest BCUT2D eigenvalue weighted by atomic mass is 16.5. The van der Waals surface area contributed by atoms with Crippen LogP contribution in [0.2, 0.25) is 0 Å². The molecular formula is C14H16O8. The molecule has 0 aliphatic rings. The van der Waals surface area contributed by atoms with Crippen LogP contribution in [0, 0.1) is 0 Å². The molecule has 8 heteroatoms. The molecule has 0 saturated heterocycles. The van der Waals surface area contributed by atoms with Crippen molar-refractivity contribution in [3.63, 3.8) is 0 Å². The Morgan fingerprint density at radius 2 is 1.95 bits per heavy atom. The number of carboxylic acid groups (broad SMARTS) is 1. The molecule has 0 fully saturated rings. The van der Waals surface area contributed by atoms with Crippen molar-refractivity contribution in [1.82, 2.24) is 0 Å². The van der Waals surface area contributed by atoms with Crippen molar-refractivity contribution >= 4 is 18.0 Å². The lowest BCUT2D eigenvalue weighted by Crippen LogP contribution is -2.49. The molecule has 22 heavy (non-hydrogen) atoms. The first-order valence-corrected chi connectivity index (χ1v) is 6.15. The van der Waals surface area contributed by atoms with E-state index in [0.717, 1.165) is 13.0 Å². The summed E-state index contributed by atoms with van der Waals surface area (Å²) in [7, 11) is 0. The third-order valence-electron chi connectivity index (χ3n) is 2.88. The van der Waals surface area contributed by atoms with Gasteiger partial charge in [0, 0.05) is 6.08 Å². The van der Waals surface area contributed by atoms with Crippen LogP contribution >= 0.6 is 0 Å². The van der Waals surface area contributed by atoms with Crippen molar-refractivity contribution in [1.29, 1.82) is 0 Å². The van der Waals surface area contributed by atoms with E-state index in [2.05, 4.69) is 4.74 Å². The van der Waals surface area contributed by atoms with Gasteiger partial charge < -0.3 is 30.3 Å². The van der Waals surface area contributed by atoms with E-state index in [1.807, 2.05) is 0 Å². The van der Waals surface area contributed by atoms with E-state index >= 15 is 0 Å². The number of benzene rings is 1. The van der Waals surface area contributed by atoms with Gasteiger partial charge in [0.2, 0.25) is 0 Å². The van der Waals surface area contributed by atoms with Crippen molar-refractivity contribution in [2.75, 3.05) is 6.61 Å². The molecule has 1 aromatic rings. The van der Waals surface area contributed by atoms with Crippen LogP contribution in [0.25, 0.3) is 6.08 Å². The summed E-state index contributed by atoms with van der Waals surface area (Å²) in [6.07, 6.45) is 0.470. The zero-order valence-corrected chi connectivity index (χ0v) is 11.6. The Hall–Kier alpha value is -2.58. The predicted molar refractivity (Wildman–Crippen MR) is 74.0 cm³/mol. The molecule has 1 aromatic carbocycles. The number of rotatable bonds is 6. The molecule has 0 aromatic heterocycles. The second-order valence-corrected chi connectivity index (χ2v) is 4.68. The number of aliphatic hydroxyl groups excluding tert-OH is 1. The smallest absolute Gasteiger partial charge is 0.338 e. The molecule has 5 N–H and O–H groups in total. The van der Waals surface area contributed by atoms with Gasteiger partial charge in [0.05, 0.1) is 0 Å². The van der Waals surface area contributed by atoms with Crippen LogP contribution in [-0.2, 0) is 14.3 Å². The number of esters is 1. The number of phenolic OH excluding ortho intramolecular Hbond substituents is 2. The first-order valence-electron chi connectivity index (χ1n) is 6.15. The number of carbonyl (C=O) groups excluding carboxylic acids is 1. The number of carbonyl (C=O) groups is 2. The molecule has 0 aliphatic heterocycles. The Morgan fingerprint density at radius 3 is 2.50 bits per heavy atom. The number of aromatic hydroxyl groups is 2. The highest BCUT2D eigenvalue weighted by Gasteiger charge is 2.39. The molecule has 120 valence electrons. The summed E-state index contributed by atoms with van der Waals surface area (Å²) in [6, 6.07) is 3.88. The topological polar surface area (TPSA) is 145 Å². The van der Waals surface area contributed by atoms with Gasteiger partial charge in [-0.2, -0.15) is 0 Å². The molecule has 0 unspecified atom stereocenters. The number of carboxylic acids is 1. The minimum absolute atomic E-state index is 0.307. The third kappa shape index (κ3) is 4.47. The lowest BCUT2D eigenvalue weighted by atomic mass is 10.0. The first kappa shape index (κ1) is 17.5. The zero-order valence-electron chi connectivity index (χ0n) is 11.6. The minimum Gasteiger partial charge on any atom is -0.504 e. The van der Waals surface area contributed by atoms with E-state index in [-0.39, 0.29) is 11.5 Å². The highest BCUT2D eigenvalue weighted by molar-refractivity contribution is 5.87. The van der Waals surface area contributed by atoms with Gasteiger partial charge in [-0.25, -0.2) is 9.59 Å². The zero-order chi connectivity index (χ0) is 16.9. The second kappa shape index (κ2) is 6.92. The summed E-state index contributed by atoms with van der Waals surface area (Å²) in [5.41, 5.74) is -2.03.